The molecule has 0 saturated carbocycles. The zero-order chi connectivity index (χ0) is 22.9. The predicted molar refractivity (Wildman–Crippen MR) is 132 cm³/mol. The molecule has 1 N–H and O–H groups in total. The van der Waals surface area contributed by atoms with Crippen molar-refractivity contribution in [1.29, 1.82) is 0 Å². The number of benzene rings is 2. The molecule has 0 saturated heterocycles. The van der Waals surface area contributed by atoms with Gasteiger partial charge in [0.2, 0.25) is 5.82 Å². The highest BCUT2D eigenvalue weighted by Gasteiger charge is 2.34. The normalized spacial score (nSPS) is 16.3. The van der Waals surface area contributed by atoms with Crippen LogP contribution >= 0.6 is 23.6 Å². The number of thiocarbonyl (C=S) groups is 1. The number of nitrogens with zero attached hydrogens (tertiary/aromatic N) is 3. The van der Waals surface area contributed by atoms with Crippen LogP contribution in [-0.2, 0) is 6.54 Å². The molecule has 1 unspecified atom stereocenters. The maximum atomic E-state index is 14.1. The number of hydrogen-bond acceptors (Lipinski definition) is 5. The molecule has 5 rings (SSSR count). The second-order valence-corrected chi connectivity index (χ2v) is 9.31. The summed E-state index contributed by atoms with van der Waals surface area (Å²) in [7, 11) is 0. The minimum Gasteiger partial charge on any atom is -0.351 e. The fourth-order valence-electron chi connectivity index (χ4n) is 3.90. The lowest BCUT2D eigenvalue weighted by Crippen LogP contribution is -2.45. The molecule has 2 aromatic heterocycles. The molecule has 0 fully saturated rings. The van der Waals surface area contributed by atoms with Crippen molar-refractivity contribution in [2.24, 2.45) is 0 Å². The lowest BCUT2D eigenvalue weighted by Gasteiger charge is -2.37. The maximum Gasteiger partial charge on any atom is 0.258 e. The van der Waals surface area contributed by atoms with E-state index in [0.29, 0.717) is 23.4 Å². The third-order valence-electron chi connectivity index (χ3n) is 5.64. The van der Waals surface area contributed by atoms with Crippen molar-refractivity contribution in [2.45, 2.75) is 26.4 Å². The van der Waals surface area contributed by atoms with Crippen molar-refractivity contribution in [3.63, 3.8) is 0 Å². The van der Waals surface area contributed by atoms with E-state index in [2.05, 4.69) is 16.5 Å². The number of aryl methyl sites for hydroxylation is 1. The molecule has 0 amide bonds. The Morgan fingerprint density at radius 1 is 1.12 bits per heavy atom. The first-order valence-corrected chi connectivity index (χ1v) is 11.8. The minimum absolute atomic E-state index is 0.316. The molecule has 1 aliphatic heterocycles. The maximum absolute atomic E-state index is 14.1. The summed E-state index contributed by atoms with van der Waals surface area (Å²) in [5, 5.41) is 10.2. The van der Waals surface area contributed by atoms with E-state index in [-0.39, 0.29) is 5.82 Å². The highest BCUT2D eigenvalue weighted by atomic mass is 32.1. The molecule has 166 valence electrons. The molecule has 0 bridgehead atoms. The molecular formula is C25H21FN4OS2. The Bertz CT molecular complexity index is 1330. The van der Waals surface area contributed by atoms with Crippen molar-refractivity contribution in [2.75, 3.05) is 0 Å². The first-order chi connectivity index (χ1) is 16.0. The molecular weight excluding hydrogens is 455 g/mol. The van der Waals surface area contributed by atoms with Crippen molar-refractivity contribution in [1.82, 2.24) is 20.4 Å². The van der Waals surface area contributed by atoms with Gasteiger partial charge in [-0.05, 0) is 55.2 Å². The van der Waals surface area contributed by atoms with Crippen LogP contribution < -0.4 is 5.32 Å². The Morgan fingerprint density at radius 3 is 2.67 bits per heavy atom. The van der Waals surface area contributed by atoms with Crippen molar-refractivity contribution >= 4 is 34.2 Å². The van der Waals surface area contributed by atoms with Gasteiger partial charge >= 0.3 is 0 Å². The van der Waals surface area contributed by atoms with E-state index in [1.54, 1.807) is 17.4 Å². The first kappa shape index (κ1) is 21.5. The van der Waals surface area contributed by atoms with Gasteiger partial charge in [-0.25, -0.2) is 4.39 Å². The van der Waals surface area contributed by atoms with E-state index in [9.17, 15) is 4.39 Å². The number of rotatable bonds is 5. The Labute approximate surface area is 200 Å². The highest BCUT2D eigenvalue weighted by Crippen LogP contribution is 2.38. The molecule has 3 heterocycles. The summed E-state index contributed by atoms with van der Waals surface area (Å²) >= 11 is 7.38. The number of halogens is 1. The molecule has 5 nitrogen and oxygen atoms in total. The Kier molecular flexibility index (Phi) is 5.78. The van der Waals surface area contributed by atoms with Crippen LogP contribution in [0.1, 0.15) is 34.9 Å². The van der Waals surface area contributed by atoms with Crippen molar-refractivity contribution in [3.05, 3.63) is 99.5 Å². The fraction of sp³-hybridized carbons (Fsp3) is 0.160. The summed E-state index contributed by atoms with van der Waals surface area (Å²) < 4.78 is 19.8. The molecule has 8 heteroatoms. The lowest BCUT2D eigenvalue weighted by atomic mass is 9.94. The second-order valence-electron chi connectivity index (χ2n) is 7.89. The first-order valence-electron chi connectivity index (χ1n) is 10.5. The van der Waals surface area contributed by atoms with Crippen LogP contribution in [0, 0.1) is 12.7 Å². The van der Waals surface area contributed by atoms with E-state index in [0.717, 1.165) is 28.0 Å². The summed E-state index contributed by atoms with van der Waals surface area (Å²) in [4.78, 5) is 7.89. The highest BCUT2D eigenvalue weighted by molar-refractivity contribution is 7.80. The molecule has 1 atom stereocenters. The summed E-state index contributed by atoms with van der Waals surface area (Å²) in [6.07, 6.45) is 0. The van der Waals surface area contributed by atoms with Gasteiger partial charge in [0.1, 0.15) is 5.82 Å². The van der Waals surface area contributed by atoms with Crippen LogP contribution in [0.15, 0.2) is 76.3 Å². The Hall–Kier alpha value is -3.36. The SMILES string of the molecule is CC1=C(c2nc(-c3ccc(C)cc3)no2)C(c2cccc(F)c2)NC(=S)N1Cc1cccs1. The smallest absolute Gasteiger partial charge is 0.258 e. The van der Waals surface area contributed by atoms with Crippen molar-refractivity contribution in [3.8, 4) is 11.4 Å². The molecule has 1 aliphatic rings. The van der Waals surface area contributed by atoms with Gasteiger partial charge in [0.05, 0.1) is 18.2 Å². The van der Waals surface area contributed by atoms with E-state index in [1.165, 1.54) is 17.0 Å². The van der Waals surface area contributed by atoms with Crippen LogP contribution in [0.3, 0.4) is 0 Å². The van der Waals surface area contributed by atoms with Gasteiger partial charge in [0.15, 0.2) is 5.11 Å². The Morgan fingerprint density at radius 2 is 1.94 bits per heavy atom. The zero-order valence-electron chi connectivity index (χ0n) is 18.1. The Balaban J connectivity index is 1.60. The van der Waals surface area contributed by atoms with E-state index in [4.69, 9.17) is 21.7 Å². The van der Waals surface area contributed by atoms with E-state index in [1.807, 2.05) is 60.5 Å². The average molecular weight is 477 g/mol. The lowest BCUT2D eigenvalue weighted by molar-refractivity contribution is 0.396. The molecule has 0 radical (unpaired) electrons. The summed E-state index contributed by atoms with van der Waals surface area (Å²) in [6.45, 7) is 4.63. The molecule has 4 aromatic rings. The third-order valence-corrected chi connectivity index (χ3v) is 6.84. The minimum atomic E-state index is -0.417. The summed E-state index contributed by atoms with van der Waals surface area (Å²) in [5.41, 5.74) is 4.42. The van der Waals surface area contributed by atoms with Crippen LogP contribution in [0.2, 0.25) is 0 Å². The number of hydrogen-bond donors (Lipinski definition) is 1. The van der Waals surface area contributed by atoms with Crippen LogP contribution in [-0.4, -0.2) is 20.2 Å². The topological polar surface area (TPSA) is 54.2 Å². The number of allylic oxidation sites excluding steroid dienone is 1. The van der Waals surface area contributed by atoms with Gasteiger partial charge in [-0.1, -0.05) is 53.2 Å². The predicted octanol–water partition coefficient (Wildman–Crippen LogP) is 6.11. The van der Waals surface area contributed by atoms with Gasteiger partial charge in [-0.2, -0.15) is 4.98 Å². The van der Waals surface area contributed by atoms with Gasteiger partial charge in [-0.3, -0.25) is 0 Å². The number of nitrogens with one attached hydrogen (secondary N) is 1. The van der Waals surface area contributed by atoms with Crippen molar-refractivity contribution < 1.29 is 8.91 Å². The molecule has 0 spiro atoms. The number of aromatic nitrogens is 2. The summed E-state index contributed by atoms with van der Waals surface area (Å²) in [6, 6.07) is 18.1. The standard InChI is InChI=1S/C25H21FN4OS2/c1-15-8-10-17(11-9-15)23-28-24(31-29-23)21-16(2)30(14-20-7-4-12-33-20)25(32)27-22(21)18-5-3-6-19(26)13-18/h3-13,22H,14H2,1-2H3,(H,27,32). The monoisotopic (exact) mass is 476 g/mol. The molecule has 2 aromatic carbocycles. The third kappa shape index (κ3) is 4.31. The molecule has 0 aliphatic carbocycles. The fourth-order valence-corrected chi connectivity index (χ4v) is 4.91. The van der Waals surface area contributed by atoms with Gasteiger partial charge < -0.3 is 14.7 Å². The van der Waals surface area contributed by atoms with Crippen LogP contribution in [0.5, 0.6) is 0 Å². The van der Waals surface area contributed by atoms with Gasteiger partial charge in [0.25, 0.3) is 5.89 Å². The second kappa shape index (κ2) is 8.88. The summed E-state index contributed by atoms with van der Waals surface area (Å²) in [5.74, 6) is 0.564. The quantitative estimate of drug-likeness (QED) is 0.351. The molecule has 33 heavy (non-hydrogen) atoms. The van der Waals surface area contributed by atoms with Crippen LogP contribution in [0.25, 0.3) is 17.0 Å². The van der Waals surface area contributed by atoms with E-state index >= 15 is 0 Å². The van der Waals surface area contributed by atoms with Crippen LogP contribution in [0.4, 0.5) is 4.39 Å². The van der Waals surface area contributed by atoms with Gasteiger partial charge in [0, 0.05) is 16.1 Å². The zero-order valence-corrected chi connectivity index (χ0v) is 19.7. The van der Waals surface area contributed by atoms with E-state index < -0.39 is 6.04 Å². The van der Waals surface area contributed by atoms with Gasteiger partial charge in [-0.15, -0.1) is 11.3 Å². The average Bonchev–Trinajstić information content (AvgIpc) is 3.49. The number of thiophene rings is 1. The largest absolute Gasteiger partial charge is 0.351 e.